The minimum atomic E-state index is -4.69. The van der Waals surface area contributed by atoms with Crippen LogP contribution in [-0.4, -0.2) is 33.0 Å². The molecule has 0 bridgehead atoms. The SMILES string of the molecule is OCCC(O)C(O)c1cc(Cl)nc(C(F)(F)F)c1. The van der Waals surface area contributed by atoms with Crippen molar-refractivity contribution in [2.75, 3.05) is 6.61 Å². The third-order valence-corrected chi connectivity index (χ3v) is 2.43. The summed E-state index contributed by atoms with van der Waals surface area (Å²) in [6.45, 7) is -0.400. The summed E-state index contributed by atoms with van der Waals surface area (Å²) < 4.78 is 37.4. The van der Waals surface area contributed by atoms with Crippen molar-refractivity contribution in [1.29, 1.82) is 0 Å². The molecule has 2 unspecified atom stereocenters. The summed E-state index contributed by atoms with van der Waals surface area (Å²) in [6, 6.07) is 1.64. The number of nitrogens with zero attached hydrogens (tertiary/aromatic N) is 1. The van der Waals surface area contributed by atoms with E-state index in [1.54, 1.807) is 0 Å². The molecule has 0 aliphatic heterocycles. The summed E-state index contributed by atoms with van der Waals surface area (Å²) in [5.74, 6) is 0. The van der Waals surface area contributed by atoms with Gasteiger partial charge in [-0.1, -0.05) is 11.6 Å². The van der Waals surface area contributed by atoms with Crippen molar-refractivity contribution in [3.05, 3.63) is 28.5 Å². The summed E-state index contributed by atoms with van der Waals surface area (Å²) in [4.78, 5) is 3.09. The number of halogens is 4. The zero-order valence-corrected chi connectivity index (χ0v) is 9.78. The number of aromatic nitrogens is 1. The molecule has 2 atom stereocenters. The highest BCUT2D eigenvalue weighted by Crippen LogP contribution is 2.31. The van der Waals surface area contributed by atoms with Crippen LogP contribution in [0.4, 0.5) is 13.2 Å². The molecule has 0 spiro atoms. The molecule has 1 heterocycles. The molecule has 0 amide bonds. The third kappa shape index (κ3) is 3.81. The molecule has 3 N–H and O–H groups in total. The van der Waals surface area contributed by atoms with Crippen molar-refractivity contribution < 1.29 is 28.5 Å². The van der Waals surface area contributed by atoms with E-state index < -0.39 is 35.8 Å². The fourth-order valence-corrected chi connectivity index (χ4v) is 1.56. The molecule has 4 nitrogen and oxygen atoms in total. The molecule has 1 aromatic heterocycles. The molecule has 0 saturated carbocycles. The van der Waals surface area contributed by atoms with E-state index in [0.717, 1.165) is 6.07 Å². The van der Waals surface area contributed by atoms with Gasteiger partial charge in [0.25, 0.3) is 0 Å². The standard InChI is InChI=1S/C10H11ClF3NO3/c11-8-4-5(9(18)6(17)1-2-16)3-7(15-8)10(12,13)14/h3-4,6,9,16-18H,1-2H2. The fourth-order valence-electron chi connectivity index (χ4n) is 1.34. The van der Waals surface area contributed by atoms with Crippen LogP contribution in [0, 0.1) is 0 Å². The molecule has 1 rings (SSSR count). The molecule has 8 heteroatoms. The van der Waals surface area contributed by atoms with E-state index in [1.165, 1.54) is 0 Å². The van der Waals surface area contributed by atoms with Gasteiger partial charge >= 0.3 is 6.18 Å². The summed E-state index contributed by atoms with van der Waals surface area (Å²) in [6.07, 6.45) is -7.81. The van der Waals surface area contributed by atoms with Gasteiger partial charge in [0.05, 0.1) is 6.10 Å². The highest BCUT2D eigenvalue weighted by atomic mass is 35.5. The second-order valence-corrected chi connectivity index (χ2v) is 4.02. The molecular weight excluding hydrogens is 275 g/mol. The lowest BCUT2D eigenvalue weighted by Gasteiger charge is -2.18. The smallest absolute Gasteiger partial charge is 0.396 e. The molecular formula is C10H11ClF3NO3. The van der Waals surface area contributed by atoms with Gasteiger partial charge < -0.3 is 15.3 Å². The van der Waals surface area contributed by atoms with Gasteiger partial charge in [-0.25, -0.2) is 4.98 Å². The van der Waals surface area contributed by atoms with Crippen LogP contribution in [0.1, 0.15) is 23.8 Å². The van der Waals surface area contributed by atoms with E-state index in [-0.39, 0.29) is 12.0 Å². The average Bonchev–Trinajstić information content (AvgIpc) is 2.26. The van der Waals surface area contributed by atoms with E-state index in [0.29, 0.717) is 6.07 Å². The molecule has 0 fully saturated rings. The van der Waals surface area contributed by atoms with Gasteiger partial charge in [-0.2, -0.15) is 13.2 Å². The van der Waals surface area contributed by atoms with E-state index >= 15 is 0 Å². The molecule has 0 radical (unpaired) electrons. The van der Waals surface area contributed by atoms with Gasteiger partial charge in [-0.05, 0) is 24.1 Å². The second kappa shape index (κ2) is 5.83. The second-order valence-electron chi connectivity index (χ2n) is 3.63. The lowest BCUT2D eigenvalue weighted by molar-refractivity contribution is -0.141. The van der Waals surface area contributed by atoms with Gasteiger partial charge in [0.1, 0.15) is 17.0 Å². The van der Waals surface area contributed by atoms with Crippen molar-refractivity contribution in [3.63, 3.8) is 0 Å². The van der Waals surface area contributed by atoms with Crippen LogP contribution >= 0.6 is 11.6 Å². The molecule has 1 aromatic rings. The number of rotatable bonds is 4. The number of aliphatic hydroxyl groups excluding tert-OH is 3. The van der Waals surface area contributed by atoms with Crippen LogP contribution in [0.2, 0.25) is 5.15 Å². The Morgan fingerprint density at radius 1 is 1.28 bits per heavy atom. The Balaban J connectivity index is 3.06. The van der Waals surface area contributed by atoms with Gasteiger partial charge in [-0.3, -0.25) is 0 Å². The topological polar surface area (TPSA) is 73.6 Å². The normalized spacial score (nSPS) is 15.5. The molecule has 0 aromatic carbocycles. The molecule has 0 saturated heterocycles. The van der Waals surface area contributed by atoms with Crippen molar-refractivity contribution in [3.8, 4) is 0 Å². The third-order valence-electron chi connectivity index (χ3n) is 2.24. The Hall–Kier alpha value is -0.890. The Bertz CT molecular complexity index is 414. The maximum Gasteiger partial charge on any atom is 0.433 e. The quantitative estimate of drug-likeness (QED) is 0.734. The minimum Gasteiger partial charge on any atom is -0.396 e. The predicted octanol–water partition coefficient (Wildman–Crippen LogP) is 1.53. The fraction of sp³-hybridized carbons (Fsp3) is 0.500. The Kier molecular flexibility index (Phi) is 4.92. The lowest BCUT2D eigenvalue weighted by atomic mass is 10.0. The number of hydrogen-bond donors (Lipinski definition) is 3. The lowest BCUT2D eigenvalue weighted by Crippen LogP contribution is -2.20. The average molecular weight is 286 g/mol. The van der Waals surface area contributed by atoms with Crippen molar-refractivity contribution in [2.45, 2.75) is 24.8 Å². The van der Waals surface area contributed by atoms with E-state index in [4.69, 9.17) is 16.7 Å². The highest BCUT2D eigenvalue weighted by Gasteiger charge is 2.34. The zero-order chi connectivity index (χ0) is 13.9. The number of aliphatic hydroxyl groups is 3. The summed E-state index contributed by atoms with van der Waals surface area (Å²) in [5.41, 5.74) is -1.46. The maximum absolute atomic E-state index is 12.5. The largest absolute Gasteiger partial charge is 0.433 e. The van der Waals surface area contributed by atoms with Gasteiger partial charge in [0, 0.05) is 6.61 Å². The Labute approximate surface area is 106 Å². The Morgan fingerprint density at radius 2 is 1.89 bits per heavy atom. The molecule has 18 heavy (non-hydrogen) atoms. The van der Waals surface area contributed by atoms with Crippen LogP contribution in [-0.2, 0) is 6.18 Å². The molecule has 102 valence electrons. The van der Waals surface area contributed by atoms with Gasteiger partial charge in [-0.15, -0.1) is 0 Å². The van der Waals surface area contributed by atoms with Crippen LogP contribution in [0.3, 0.4) is 0 Å². The first kappa shape index (κ1) is 15.2. The monoisotopic (exact) mass is 285 g/mol. The molecule has 0 aliphatic rings. The number of hydrogen-bond acceptors (Lipinski definition) is 4. The highest BCUT2D eigenvalue weighted by molar-refractivity contribution is 6.29. The summed E-state index contributed by atoms with van der Waals surface area (Å²) >= 11 is 5.43. The maximum atomic E-state index is 12.5. The van der Waals surface area contributed by atoms with E-state index in [9.17, 15) is 23.4 Å². The Morgan fingerprint density at radius 3 is 2.39 bits per heavy atom. The van der Waals surface area contributed by atoms with Crippen LogP contribution < -0.4 is 0 Å². The van der Waals surface area contributed by atoms with Crippen molar-refractivity contribution >= 4 is 11.6 Å². The van der Waals surface area contributed by atoms with Gasteiger partial charge in [0.2, 0.25) is 0 Å². The van der Waals surface area contributed by atoms with Crippen LogP contribution in [0.25, 0.3) is 0 Å². The minimum absolute atomic E-state index is 0.164. The van der Waals surface area contributed by atoms with E-state index in [1.807, 2.05) is 0 Å². The van der Waals surface area contributed by atoms with Crippen LogP contribution in [0.15, 0.2) is 12.1 Å². The number of alkyl halides is 3. The van der Waals surface area contributed by atoms with Crippen molar-refractivity contribution in [2.24, 2.45) is 0 Å². The first-order valence-electron chi connectivity index (χ1n) is 4.97. The van der Waals surface area contributed by atoms with E-state index in [2.05, 4.69) is 4.98 Å². The first-order valence-corrected chi connectivity index (χ1v) is 5.35. The molecule has 0 aliphatic carbocycles. The summed E-state index contributed by atoms with van der Waals surface area (Å²) in [7, 11) is 0. The van der Waals surface area contributed by atoms with Crippen molar-refractivity contribution in [1.82, 2.24) is 4.98 Å². The summed E-state index contributed by atoms with van der Waals surface area (Å²) in [5, 5.41) is 27.2. The van der Waals surface area contributed by atoms with Gasteiger partial charge in [0.15, 0.2) is 0 Å². The number of pyridine rings is 1. The van der Waals surface area contributed by atoms with Crippen LogP contribution in [0.5, 0.6) is 0 Å². The predicted molar refractivity (Wildman–Crippen MR) is 56.9 cm³/mol. The first-order chi connectivity index (χ1) is 8.25. The zero-order valence-electron chi connectivity index (χ0n) is 9.02.